The molecule has 1 aromatic rings. The number of carboxylic acids is 1. The van der Waals surface area contributed by atoms with E-state index in [0.717, 1.165) is 0 Å². The van der Waals surface area contributed by atoms with Gasteiger partial charge in [0, 0.05) is 26.1 Å². The normalized spacial score (nSPS) is 17.3. The Balaban J connectivity index is 2.28. The summed E-state index contributed by atoms with van der Waals surface area (Å²) in [4.78, 5) is 23.4. The number of carbonyl (C=O) groups is 2. The largest absolute Gasteiger partial charge is 0.480 e. The van der Waals surface area contributed by atoms with Crippen LogP contribution in [-0.4, -0.2) is 35.7 Å². The van der Waals surface area contributed by atoms with Crippen LogP contribution in [0.3, 0.4) is 0 Å². The molecule has 0 unspecified atom stereocenters. The maximum absolute atomic E-state index is 13.7. The molecule has 8 heteroatoms. The van der Waals surface area contributed by atoms with E-state index in [-0.39, 0.29) is 26.1 Å². The third-order valence-corrected chi connectivity index (χ3v) is 3.65. The van der Waals surface area contributed by atoms with Crippen LogP contribution < -0.4 is 5.32 Å². The lowest BCUT2D eigenvalue weighted by Crippen LogP contribution is -2.57. The van der Waals surface area contributed by atoms with Crippen LogP contribution in [0.15, 0.2) is 12.1 Å². The molecule has 114 valence electrons. The van der Waals surface area contributed by atoms with Crippen molar-refractivity contribution in [3.05, 3.63) is 34.4 Å². The standard InChI is InChI=1S/C13H12ClF2NO4/c14-8-6-9(15)7(5-10(8)16)11(18)17-13(12(19)20)1-3-21-4-2-13/h5-6H,1-4H2,(H,17,18)(H,19,20). The van der Waals surface area contributed by atoms with Gasteiger partial charge in [-0.2, -0.15) is 0 Å². The number of carboxylic acid groups (broad SMARTS) is 1. The molecule has 5 nitrogen and oxygen atoms in total. The molecule has 0 bridgehead atoms. The maximum Gasteiger partial charge on any atom is 0.329 e. The van der Waals surface area contributed by atoms with E-state index in [2.05, 4.69) is 5.32 Å². The highest BCUT2D eigenvalue weighted by atomic mass is 35.5. The van der Waals surface area contributed by atoms with E-state index >= 15 is 0 Å². The van der Waals surface area contributed by atoms with Gasteiger partial charge in [-0.15, -0.1) is 0 Å². The molecule has 2 N–H and O–H groups in total. The third-order valence-electron chi connectivity index (χ3n) is 3.36. The SMILES string of the molecule is O=C(NC1(C(=O)O)CCOCC1)c1cc(F)c(Cl)cc1F. The molecule has 21 heavy (non-hydrogen) atoms. The minimum absolute atomic E-state index is 0.0474. The van der Waals surface area contributed by atoms with Gasteiger partial charge >= 0.3 is 5.97 Å². The molecule has 1 aromatic carbocycles. The molecule has 0 saturated carbocycles. The van der Waals surface area contributed by atoms with Crippen molar-refractivity contribution in [2.24, 2.45) is 0 Å². The van der Waals surface area contributed by atoms with Crippen LogP contribution >= 0.6 is 11.6 Å². The van der Waals surface area contributed by atoms with Crippen molar-refractivity contribution in [3.8, 4) is 0 Å². The number of amides is 1. The first-order valence-corrected chi connectivity index (χ1v) is 6.52. The van der Waals surface area contributed by atoms with Crippen LogP contribution in [0.4, 0.5) is 8.78 Å². The number of hydrogen-bond acceptors (Lipinski definition) is 3. The van der Waals surface area contributed by atoms with Gasteiger partial charge in [-0.05, 0) is 12.1 Å². The van der Waals surface area contributed by atoms with E-state index in [0.29, 0.717) is 12.1 Å². The van der Waals surface area contributed by atoms with E-state index in [9.17, 15) is 23.5 Å². The molecular formula is C13H12ClF2NO4. The zero-order valence-electron chi connectivity index (χ0n) is 10.8. The topological polar surface area (TPSA) is 75.6 Å². The molecule has 1 aliphatic rings. The van der Waals surface area contributed by atoms with Crippen molar-refractivity contribution in [1.29, 1.82) is 0 Å². The number of halogens is 3. The predicted octanol–water partition coefficient (Wildman–Crippen LogP) is 1.98. The summed E-state index contributed by atoms with van der Waals surface area (Å²) in [5.74, 6) is -4.23. The molecule has 1 saturated heterocycles. The Hall–Kier alpha value is -1.73. The minimum Gasteiger partial charge on any atom is -0.480 e. The zero-order valence-corrected chi connectivity index (χ0v) is 11.5. The second-order valence-corrected chi connectivity index (χ2v) is 5.11. The van der Waals surface area contributed by atoms with Crippen LogP contribution in [0.25, 0.3) is 0 Å². The number of rotatable bonds is 3. The highest BCUT2D eigenvalue weighted by Crippen LogP contribution is 2.24. The van der Waals surface area contributed by atoms with Gasteiger partial charge in [0.2, 0.25) is 0 Å². The Morgan fingerprint density at radius 2 is 1.86 bits per heavy atom. The van der Waals surface area contributed by atoms with Gasteiger partial charge in [0.15, 0.2) is 0 Å². The molecule has 1 aliphatic heterocycles. The summed E-state index contributed by atoms with van der Waals surface area (Å²) in [6, 6.07) is 1.31. The first kappa shape index (κ1) is 15.7. The summed E-state index contributed by atoms with van der Waals surface area (Å²) in [5.41, 5.74) is -2.14. The van der Waals surface area contributed by atoms with Gasteiger partial charge in [-0.25, -0.2) is 13.6 Å². The molecular weight excluding hydrogens is 308 g/mol. The van der Waals surface area contributed by atoms with Crippen molar-refractivity contribution in [1.82, 2.24) is 5.32 Å². The first-order chi connectivity index (χ1) is 9.85. The van der Waals surface area contributed by atoms with Crippen LogP contribution in [0.2, 0.25) is 5.02 Å². The molecule has 1 heterocycles. The second-order valence-electron chi connectivity index (χ2n) is 4.70. The molecule has 0 radical (unpaired) electrons. The van der Waals surface area contributed by atoms with E-state index in [1.807, 2.05) is 0 Å². The van der Waals surface area contributed by atoms with Gasteiger partial charge in [-0.3, -0.25) is 4.79 Å². The fraction of sp³-hybridized carbons (Fsp3) is 0.385. The Morgan fingerprint density at radius 3 is 2.43 bits per heavy atom. The number of aliphatic carboxylic acids is 1. The Morgan fingerprint density at radius 1 is 1.24 bits per heavy atom. The monoisotopic (exact) mass is 319 g/mol. The lowest BCUT2D eigenvalue weighted by Gasteiger charge is -2.33. The number of ether oxygens (including phenoxy) is 1. The molecule has 0 aliphatic carbocycles. The van der Waals surface area contributed by atoms with Crippen LogP contribution in [0, 0.1) is 11.6 Å². The first-order valence-electron chi connectivity index (χ1n) is 6.14. The highest BCUT2D eigenvalue weighted by Gasteiger charge is 2.42. The van der Waals surface area contributed by atoms with E-state index in [4.69, 9.17) is 16.3 Å². The summed E-state index contributed by atoms with van der Waals surface area (Å²) in [6.45, 7) is 0.314. The number of benzene rings is 1. The number of carbonyl (C=O) groups excluding carboxylic acids is 1. The van der Waals surface area contributed by atoms with E-state index in [1.165, 1.54) is 0 Å². The summed E-state index contributed by atoms with van der Waals surface area (Å²) >= 11 is 5.40. The lowest BCUT2D eigenvalue weighted by molar-refractivity contribution is -0.148. The van der Waals surface area contributed by atoms with Crippen molar-refractivity contribution >= 4 is 23.5 Å². The summed E-state index contributed by atoms with van der Waals surface area (Å²) in [6.07, 6.45) is 0.0948. The Labute approximate surface area is 123 Å². The van der Waals surface area contributed by atoms with Crippen molar-refractivity contribution in [3.63, 3.8) is 0 Å². The number of hydrogen-bond donors (Lipinski definition) is 2. The minimum atomic E-state index is -1.54. The molecule has 0 atom stereocenters. The van der Waals surface area contributed by atoms with Gasteiger partial charge in [0.1, 0.15) is 17.2 Å². The summed E-state index contributed by atoms with van der Waals surface area (Å²) in [5, 5.41) is 11.1. The Kier molecular flexibility index (Phi) is 4.43. The average molecular weight is 320 g/mol. The predicted molar refractivity (Wildman–Crippen MR) is 69.3 cm³/mol. The highest BCUT2D eigenvalue weighted by molar-refractivity contribution is 6.30. The fourth-order valence-electron chi connectivity index (χ4n) is 2.09. The van der Waals surface area contributed by atoms with E-state index < -0.39 is 39.6 Å². The third kappa shape index (κ3) is 3.14. The average Bonchev–Trinajstić information content (AvgIpc) is 2.43. The van der Waals surface area contributed by atoms with Gasteiger partial charge in [0.25, 0.3) is 5.91 Å². The second kappa shape index (κ2) is 5.95. The van der Waals surface area contributed by atoms with Gasteiger partial charge in [-0.1, -0.05) is 11.6 Å². The molecule has 2 rings (SSSR count). The van der Waals surface area contributed by atoms with Crippen molar-refractivity contribution in [2.75, 3.05) is 13.2 Å². The zero-order chi connectivity index (χ0) is 15.6. The van der Waals surface area contributed by atoms with Crippen LogP contribution in [0.1, 0.15) is 23.2 Å². The van der Waals surface area contributed by atoms with E-state index in [1.54, 1.807) is 0 Å². The molecule has 1 amide bonds. The molecule has 0 aromatic heterocycles. The lowest BCUT2D eigenvalue weighted by atomic mass is 9.89. The van der Waals surface area contributed by atoms with Gasteiger partial charge < -0.3 is 15.2 Å². The van der Waals surface area contributed by atoms with Crippen molar-refractivity contribution < 1.29 is 28.2 Å². The molecule has 0 spiro atoms. The van der Waals surface area contributed by atoms with Crippen LogP contribution in [0.5, 0.6) is 0 Å². The van der Waals surface area contributed by atoms with Crippen LogP contribution in [-0.2, 0) is 9.53 Å². The Bertz CT molecular complexity index is 588. The smallest absolute Gasteiger partial charge is 0.329 e. The van der Waals surface area contributed by atoms with Gasteiger partial charge in [0.05, 0.1) is 10.6 Å². The summed E-state index contributed by atoms with van der Waals surface area (Å²) < 4.78 is 32.1. The summed E-state index contributed by atoms with van der Waals surface area (Å²) in [7, 11) is 0. The maximum atomic E-state index is 13.7. The quantitative estimate of drug-likeness (QED) is 0.835. The fourth-order valence-corrected chi connectivity index (χ4v) is 2.24. The van der Waals surface area contributed by atoms with Crippen molar-refractivity contribution in [2.45, 2.75) is 18.4 Å². The molecule has 1 fully saturated rings. The number of nitrogens with one attached hydrogen (secondary N) is 1.